The van der Waals surface area contributed by atoms with E-state index in [0.29, 0.717) is 18.0 Å². The maximum absolute atomic E-state index is 12.6. The maximum Gasteiger partial charge on any atom is 0.243 e. The minimum Gasteiger partial charge on any atom is -0.494 e. The second kappa shape index (κ2) is 8.56. The number of benzene rings is 1. The lowest BCUT2D eigenvalue weighted by Crippen LogP contribution is -2.50. The normalized spacial score (nSPS) is 16.9. The van der Waals surface area contributed by atoms with E-state index < -0.39 is 16.1 Å². The van der Waals surface area contributed by atoms with Gasteiger partial charge >= 0.3 is 0 Å². The highest BCUT2D eigenvalue weighted by Crippen LogP contribution is 2.24. The summed E-state index contributed by atoms with van der Waals surface area (Å²) in [5, 5.41) is 3.00. The first-order valence-corrected chi connectivity index (χ1v) is 10.7. The molecule has 0 radical (unpaired) electrons. The van der Waals surface area contributed by atoms with Crippen molar-refractivity contribution < 1.29 is 17.9 Å². The van der Waals surface area contributed by atoms with Gasteiger partial charge in [-0.15, -0.1) is 0 Å². The standard InChI is InChI=1S/C18H28N2O4S/c1-4-24-17-12-10-16(11-13-17)20(25(3,22)23)14(2)18(21)19-15-8-6-5-7-9-15/h10-15H,4-9H2,1-3H3,(H,19,21). The molecule has 6 nitrogen and oxygen atoms in total. The quantitative estimate of drug-likeness (QED) is 0.803. The van der Waals surface area contributed by atoms with Crippen LogP contribution < -0.4 is 14.4 Å². The third-order valence-electron chi connectivity index (χ3n) is 4.44. The molecule has 0 saturated heterocycles. The highest BCUT2D eigenvalue weighted by Gasteiger charge is 2.30. The van der Waals surface area contributed by atoms with Gasteiger partial charge in [-0.1, -0.05) is 19.3 Å². The number of rotatable bonds is 7. The van der Waals surface area contributed by atoms with E-state index in [-0.39, 0.29) is 11.9 Å². The molecule has 1 aliphatic rings. The molecule has 1 amide bonds. The van der Waals surface area contributed by atoms with Gasteiger partial charge in [-0.25, -0.2) is 8.42 Å². The van der Waals surface area contributed by atoms with Gasteiger partial charge in [0.25, 0.3) is 0 Å². The number of nitrogens with one attached hydrogen (secondary N) is 1. The average Bonchev–Trinajstić information content (AvgIpc) is 2.56. The predicted molar refractivity (Wildman–Crippen MR) is 99.4 cm³/mol. The van der Waals surface area contributed by atoms with E-state index in [4.69, 9.17) is 4.74 Å². The number of hydrogen-bond donors (Lipinski definition) is 1. The third kappa shape index (κ3) is 5.36. The SMILES string of the molecule is CCOc1ccc(N(C(C)C(=O)NC2CCCCC2)S(C)(=O)=O)cc1. The van der Waals surface area contributed by atoms with Crippen LogP contribution in [0.1, 0.15) is 46.0 Å². The summed E-state index contributed by atoms with van der Waals surface area (Å²) in [5.74, 6) is 0.408. The molecule has 140 valence electrons. The topological polar surface area (TPSA) is 75.7 Å². The zero-order valence-corrected chi connectivity index (χ0v) is 16.0. The fraction of sp³-hybridized carbons (Fsp3) is 0.611. The van der Waals surface area contributed by atoms with Crippen molar-refractivity contribution >= 4 is 21.6 Å². The van der Waals surface area contributed by atoms with Crippen molar-refractivity contribution in [1.29, 1.82) is 0 Å². The molecule has 0 heterocycles. The minimum atomic E-state index is -3.60. The van der Waals surface area contributed by atoms with Gasteiger partial charge in [-0.05, 0) is 51.0 Å². The van der Waals surface area contributed by atoms with Gasteiger partial charge in [-0.3, -0.25) is 9.10 Å². The van der Waals surface area contributed by atoms with Crippen molar-refractivity contribution in [2.75, 3.05) is 17.2 Å². The van der Waals surface area contributed by atoms with Crippen molar-refractivity contribution in [2.45, 2.75) is 58.0 Å². The Morgan fingerprint density at radius 2 is 1.84 bits per heavy atom. The molecule has 0 spiro atoms. The van der Waals surface area contributed by atoms with Crippen LogP contribution in [0.3, 0.4) is 0 Å². The summed E-state index contributed by atoms with van der Waals surface area (Å²) in [6.45, 7) is 4.04. The number of sulfonamides is 1. The maximum atomic E-state index is 12.6. The van der Waals surface area contributed by atoms with E-state index >= 15 is 0 Å². The van der Waals surface area contributed by atoms with Crippen LogP contribution in [0.4, 0.5) is 5.69 Å². The summed E-state index contributed by atoms with van der Waals surface area (Å²) in [5.41, 5.74) is 0.456. The Bertz CT molecular complexity index is 667. The molecule has 1 fully saturated rings. The smallest absolute Gasteiger partial charge is 0.243 e. The molecule has 7 heteroatoms. The molecule has 2 rings (SSSR count). The van der Waals surface area contributed by atoms with Crippen LogP contribution in [0.15, 0.2) is 24.3 Å². The molecule has 1 aromatic carbocycles. The number of carbonyl (C=O) groups is 1. The van der Waals surface area contributed by atoms with Gasteiger partial charge in [0, 0.05) is 6.04 Å². The first-order valence-electron chi connectivity index (χ1n) is 8.85. The van der Waals surface area contributed by atoms with E-state index in [9.17, 15) is 13.2 Å². The lowest BCUT2D eigenvalue weighted by Gasteiger charge is -2.30. The molecule has 1 aliphatic carbocycles. The largest absolute Gasteiger partial charge is 0.494 e. The second-order valence-corrected chi connectivity index (χ2v) is 8.36. The van der Waals surface area contributed by atoms with E-state index in [1.54, 1.807) is 31.2 Å². The van der Waals surface area contributed by atoms with E-state index in [2.05, 4.69) is 5.32 Å². The first kappa shape index (κ1) is 19.6. The van der Waals surface area contributed by atoms with Gasteiger partial charge in [0.15, 0.2) is 0 Å². The minimum absolute atomic E-state index is 0.144. The Morgan fingerprint density at radius 1 is 1.24 bits per heavy atom. The molecule has 1 aromatic rings. The van der Waals surface area contributed by atoms with Gasteiger partial charge in [0.05, 0.1) is 18.6 Å². The number of carbonyl (C=O) groups excluding carboxylic acids is 1. The third-order valence-corrected chi connectivity index (χ3v) is 5.68. The molecule has 25 heavy (non-hydrogen) atoms. The number of amides is 1. The van der Waals surface area contributed by atoms with Crippen LogP contribution in [0.5, 0.6) is 5.75 Å². The van der Waals surface area contributed by atoms with Crippen LogP contribution in [0.2, 0.25) is 0 Å². The van der Waals surface area contributed by atoms with Crippen molar-refractivity contribution in [3.63, 3.8) is 0 Å². The van der Waals surface area contributed by atoms with Crippen molar-refractivity contribution in [3.8, 4) is 5.75 Å². The summed E-state index contributed by atoms with van der Waals surface area (Å²) in [4.78, 5) is 12.6. The molecule has 1 atom stereocenters. The van der Waals surface area contributed by atoms with E-state index in [1.807, 2.05) is 6.92 Å². The van der Waals surface area contributed by atoms with Crippen LogP contribution in [-0.2, 0) is 14.8 Å². The zero-order chi connectivity index (χ0) is 18.4. The van der Waals surface area contributed by atoms with Crippen LogP contribution in [0, 0.1) is 0 Å². The molecular formula is C18H28N2O4S. The first-order chi connectivity index (χ1) is 11.8. The Hall–Kier alpha value is -1.76. The predicted octanol–water partition coefficient (Wildman–Crippen LogP) is 2.69. The summed E-state index contributed by atoms with van der Waals surface area (Å²) in [6, 6.07) is 6.08. The number of hydrogen-bond acceptors (Lipinski definition) is 4. The number of nitrogens with zero attached hydrogens (tertiary/aromatic N) is 1. The van der Waals surface area contributed by atoms with Gasteiger partial charge < -0.3 is 10.1 Å². The Labute approximate surface area is 150 Å². The van der Waals surface area contributed by atoms with Crippen molar-refractivity contribution in [3.05, 3.63) is 24.3 Å². The summed E-state index contributed by atoms with van der Waals surface area (Å²) >= 11 is 0. The molecule has 0 aliphatic heterocycles. The Balaban J connectivity index is 2.16. The molecule has 1 unspecified atom stereocenters. The lowest BCUT2D eigenvalue weighted by molar-refractivity contribution is -0.122. The van der Waals surface area contributed by atoms with E-state index in [0.717, 1.165) is 31.9 Å². The van der Waals surface area contributed by atoms with Gasteiger partial charge in [0.1, 0.15) is 11.8 Å². The van der Waals surface area contributed by atoms with Crippen molar-refractivity contribution in [1.82, 2.24) is 5.32 Å². The molecular weight excluding hydrogens is 340 g/mol. The van der Waals surface area contributed by atoms with Gasteiger partial charge in [0.2, 0.25) is 15.9 Å². The fourth-order valence-electron chi connectivity index (χ4n) is 3.23. The van der Waals surface area contributed by atoms with E-state index in [1.165, 1.54) is 10.7 Å². The second-order valence-electron chi connectivity index (χ2n) is 6.51. The molecule has 0 bridgehead atoms. The summed E-state index contributed by atoms with van der Waals surface area (Å²) in [7, 11) is -3.60. The molecule has 1 saturated carbocycles. The zero-order valence-electron chi connectivity index (χ0n) is 15.2. The Morgan fingerprint density at radius 3 is 2.36 bits per heavy atom. The van der Waals surface area contributed by atoms with Crippen LogP contribution in [0.25, 0.3) is 0 Å². The average molecular weight is 368 g/mol. The van der Waals surface area contributed by atoms with Gasteiger partial charge in [-0.2, -0.15) is 0 Å². The fourth-order valence-corrected chi connectivity index (χ4v) is 4.41. The molecule has 1 N–H and O–H groups in total. The van der Waals surface area contributed by atoms with Crippen LogP contribution >= 0.6 is 0 Å². The highest BCUT2D eigenvalue weighted by atomic mass is 32.2. The number of anilines is 1. The lowest BCUT2D eigenvalue weighted by atomic mass is 9.95. The number of ether oxygens (including phenoxy) is 1. The van der Waals surface area contributed by atoms with Crippen molar-refractivity contribution in [2.24, 2.45) is 0 Å². The summed E-state index contributed by atoms with van der Waals surface area (Å²) < 4.78 is 31.1. The van der Waals surface area contributed by atoms with Crippen LogP contribution in [-0.4, -0.2) is 39.3 Å². The highest BCUT2D eigenvalue weighted by molar-refractivity contribution is 7.92. The monoisotopic (exact) mass is 368 g/mol. The Kier molecular flexibility index (Phi) is 6.70. The summed E-state index contributed by atoms with van der Waals surface area (Å²) in [6.07, 6.45) is 6.44. The molecule has 0 aromatic heterocycles.